The van der Waals surface area contributed by atoms with Crippen molar-refractivity contribution in [3.63, 3.8) is 0 Å². The van der Waals surface area contributed by atoms with E-state index in [0.717, 1.165) is 5.56 Å². The predicted molar refractivity (Wildman–Crippen MR) is 118 cm³/mol. The Morgan fingerprint density at radius 3 is 2.52 bits per heavy atom. The Kier molecular flexibility index (Phi) is 6.66. The van der Waals surface area contributed by atoms with Crippen LogP contribution in [0.5, 0.6) is 5.88 Å². The average molecular weight is 415 g/mol. The Hall–Kier alpha value is -3.72. The molecule has 0 N–H and O–H groups in total. The maximum absolute atomic E-state index is 12.6. The Balaban J connectivity index is 2.14. The normalized spacial score (nSPS) is 10.9. The summed E-state index contributed by atoms with van der Waals surface area (Å²) in [6.45, 7) is 8.25. The van der Waals surface area contributed by atoms with Gasteiger partial charge in [-0.1, -0.05) is 51.1 Å². The minimum atomic E-state index is -0.552. The van der Waals surface area contributed by atoms with Crippen molar-refractivity contribution in [2.45, 2.75) is 39.7 Å². The zero-order chi connectivity index (χ0) is 22.4. The highest BCUT2D eigenvalue weighted by atomic mass is 16.5. The van der Waals surface area contributed by atoms with Gasteiger partial charge in [-0.05, 0) is 30.7 Å². The SMILES string of the molecule is CCOC(=O)c1cc(C(C)(C)C)nc(-c2cccnc2OCc2ccccc2)c1C#N. The van der Waals surface area contributed by atoms with Crippen molar-refractivity contribution in [1.82, 2.24) is 9.97 Å². The summed E-state index contributed by atoms with van der Waals surface area (Å²) >= 11 is 0. The minimum Gasteiger partial charge on any atom is -0.472 e. The summed E-state index contributed by atoms with van der Waals surface area (Å²) < 4.78 is 11.2. The van der Waals surface area contributed by atoms with Crippen LogP contribution >= 0.6 is 0 Å². The van der Waals surface area contributed by atoms with Crippen LogP contribution in [0.1, 0.15) is 54.9 Å². The number of esters is 1. The predicted octanol–water partition coefficient (Wildman–Crippen LogP) is 5.07. The quantitative estimate of drug-likeness (QED) is 0.523. The minimum absolute atomic E-state index is 0.143. The number of hydrogen-bond acceptors (Lipinski definition) is 6. The van der Waals surface area contributed by atoms with Crippen LogP contribution in [-0.4, -0.2) is 22.5 Å². The van der Waals surface area contributed by atoms with E-state index in [2.05, 4.69) is 11.1 Å². The Morgan fingerprint density at radius 2 is 1.87 bits per heavy atom. The Bertz CT molecular complexity index is 1110. The van der Waals surface area contributed by atoms with E-state index in [1.54, 1.807) is 31.3 Å². The molecule has 158 valence electrons. The summed E-state index contributed by atoms with van der Waals surface area (Å²) in [6, 6.07) is 17.0. The molecule has 0 saturated carbocycles. The average Bonchev–Trinajstić information content (AvgIpc) is 2.77. The van der Waals surface area contributed by atoms with Crippen molar-refractivity contribution in [1.29, 1.82) is 5.26 Å². The summed E-state index contributed by atoms with van der Waals surface area (Å²) in [6.07, 6.45) is 1.62. The van der Waals surface area contributed by atoms with Crippen LogP contribution in [0.2, 0.25) is 0 Å². The molecule has 0 aliphatic heterocycles. The molecule has 6 heteroatoms. The molecule has 0 aliphatic rings. The number of rotatable bonds is 6. The van der Waals surface area contributed by atoms with E-state index in [0.29, 0.717) is 29.4 Å². The molecule has 0 radical (unpaired) electrons. The van der Waals surface area contributed by atoms with Crippen LogP contribution in [0.15, 0.2) is 54.7 Å². The van der Waals surface area contributed by atoms with Crippen LogP contribution in [0.25, 0.3) is 11.3 Å². The van der Waals surface area contributed by atoms with E-state index < -0.39 is 5.97 Å². The molecule has 0 saturated heterocycles. The van der Waals surface area contributed by atoms with Gasteiger partial charge in [0.15, 0.2) is 0 Å². The van der Waals surface area contributed by atoms with Gasteiger partial charge in [0.2, 0.25) is 5.88 Å². The van der Waals surface area contributed by atoms with Crippen molar-refractivity contribution < 1.29 is 14.3 Å². The lowest BCUT2D eigenvalue weighted by atomic mass is 9.88. The van der Waals surface area contributed by atoms with Crippen molar-refractivity contribution >= 4 is 5.97 Å². The van der Waals surface area contributed by atoms with Gasteiger partial charge in [-0.3, -0.25) is 4.98 Å². The molecule has 2 aromatic heterocycles. The third-order valence-electron chi connectivity index (χ3n) is 4.64. The van der Waals surface area contributed by atoms with Crippen LogP contribution in [-0.2, 0) is 16.8 Å². The number of nitriles is 1. The van der Waals surface area contributed by atoms with E-state index in [-0.39, 0.29) is 23.1 Å². The molecule has 0 amide bonds. The molecule has 0 unspecified atom stereocenters. The molecule has 1 aromatic carbocycles. The molecular weight excluding hydrogens is 390 g/mol. The third kappa shape index (κ3) is 5.07. The summed E-state index contributed by atoms with van der Waals surface area (Å²) in [7, 11) is 0. The van der Waals surface area contributed by atoms with Crippen molar-refractivity contribution in [2.75, 3.05) is 6.61 Å². The number of ether oxygens (including phenoxy) is 2. The van der Waals surface area contributed by atoms with E-state index >= 15 is 0 Å². The summed E-state index contributed by atoms with van der Waals surface area (Å²) in [5.41, 5.74) is 2.55. The van der Waals surface area contributed by atoms with Gasteiger partial charge in [0.1, 0.15) is 12.7 Å². The highest BCUT2D eigenvalue weighted by molar-refractivity contribution is 5.95. The molecule has 0 spiro atoms. The molecule has 0 aliphatic carbocycles. The Morgan fingerprint density at radius 1 is 1.13 bits per heavy atom. The van der Waals surface area contributed by atoms with Gasteiger partial charge in [0, 0.05) is 17.3 Å². The molecule has 6 nitrogen and oxygen atoms in total. The van der Waals surface area contributed by atoms with E-state index in [4.69, 9.17) is 14.5 Å². The molecular formula is C25H25N3O3. The van der Waals surface area contributed by atoms with Gasteiger partial charge < -0.3 is 9.47 Å². The topological polar surface area (TPSA) is 85.1 Å². The number of hydrogen-bond donors (Lipinski definition) is 0. The third-order valence-corrected chi connectivity index (χ3v) is 4.64. The number of aromatic nitrogens is 2. The first-order valence-electron chi connectivity index (χ1n) is 10.1. The van der Waals surface area contributed by atoms with E-state index in [1.807, 2.05) is 51.1 Å². The van der Waals surface area contributed by atoms with Gasteiger partial charge in [-0.15, -0.1) is 0 Å². The molecule has 3 aromatic rings. The zero-order valence-electron chi connectivity index (χ0n) is 18.2. The van der Waals surface area contributed by atoms with Crippen LogP contribution < -0.4 is 4.74 Å². The first kappa shape index (κ1) is 22.0. The van der Waals surface area contributed by atoms with E-state index in [1.165, 1.54) is 0 Å². The van der Waals surface area contributed by atoms with Crippen LogP contribution in [0, 0.1) is 11.3 Å². The lowest BCUT2D eigenvalue weighted by Crippen LogP contribution is -2.18. The highest BCUT2D eigenvalue weighted by Gasteiger charge is 2.26. The summed E-state index contributed by atoms with van der Waals surface area (Å²) in [5, 5.41) is 9.91. The second kappa shape index (κ2) is 9.40. The zero-order valence-corrected chi connectivity index (χ0v) is 18.2. The van der Waals surface area contributed by atoms with Gasteiger partial charge in [0.25, 0.3) is 0 Å². The van der Waals surface area contributed by atoms with Crippen LogP contribution in [0.4, 0.5) is 0 Å². The number of benzene rings is 1. The molecule has 0 fully saturated rings. The number of pyridine rings is 2. The fourth-order valence-electron chi connectivity index (χ4n) is 3.02. The molecule has 2 heterocycles. The summed E-state index contributed by atoms with van der Waals surface area (Å²) in [5.74, 6) is -0.208. The van der Waals surface area contributed by atoms with Crippen molar-refractivity contribution in [2.24, 2.45) is 0 Å². The largest absolute Gasteiger partial charge is 0.472 e. The molecule has 0 bridgehead atoms. The number of carbonyl (C=O) groups excluding carboxylic acids is 1. The maximum atomic E-state index is 12.6. The van der Waals surface area contributed by atoms with Crippen molar-refractivity contribution in [3.05, 3.63) is 77.1 Å². The monoisotopic (exact) mass is 415 g/mol. The second-order valence-electron chi connectivity index (χ2n) is 7.99. The Labute approximate surface area is 182 Å². The fourth-order valence-corrected chi connectivity index (χ4v) is 3.02. The first-order valence-corrected chi connectivity index (χ1v) is 10.1. The second-order valence-corrected chi connectivity index (χ2v) is 7.99. The summed E-state index contributed by atoms with van der Waals surface area (Å²) in [4.78, 5) is 21.7. The van der Waals surface area contributed by atoms with Gasteiger partial charge in [-0.25, -0.2) is 9.78 Å². The standard InChI is InChI=1S/C25H25N3O3/c1-5-30-24(29)19-14-21(25(2,3)4)28-22(20(19)15-26)18-12-9-13-27-23(18)31-16-17-10-7-6-8-11-17/h6-14H,5,16H2,1-4H3. The van der Waals surface area contributed by atoms with Gasteiger partial charge in [-0.2, -0.15) is 5.26 Å². The van der Waals surface area contributed by atoms with Gasteiger partial charge in [0.05, 0.1) is 29.0 Å². The first-order chi connectivity index (χ1) is 14.8. The van der Waals surface area contributed by atoms with Crippen LogP contribution in [0.3, 0.4) is 0 Å². The molecule has 31 heavy (non-hydrogen) atoms. The molecule has 3 rings (SSSR count). The van der Waals surface area contributed by atoms with Crippen molar-refractivity contribution in [3.8, 4) is 23.2 Å². The van der Waals surface area contributed by atoms with E-state index in [9.17, 15) is 10.1 Å². The lowest BCUT2D eigenvalue weighted by molar-refractivity contribution is 0.0525. The fraction of sp³-hybridized carbons (Fsp3) is 0.280. The maximum Gasteiger partial charge on any atom is 0.339 e. The number of carbonyl (C=O) groups is 1. The smallest absolute Gasteiger partial charge is 0.339 e. The molecule has 0 atom stereocenters. The van der Waals surface area contributed by atoms with Gasteiger partial charge >= 0.3 is 5.97 Å². The number of nitrogens with zero attached hydrogens (tertiary/aromatic N) is 3. The highest BCUT2D eigenvalue weighted by Crippen LogP contribution is 2.34. The lowest BCUT2D eigenvalue weighted by Gasteiger charge is -2.21.